The first-order chi connectivity index (χ1) is 37.8. The number of hydrogen-bond acceptors (Lipinski definition) is 18. The Morgan fingerprint density at radius 1 is 0.474 bits per heavy atom. The molecule has 3 aliphatic rings. The number of aliphatic hydroxyl groups is 11. The molecule has 1 amide bonds. The molecule has 0 bridgehead atoms. The lowest BCUT2D eigenvalue weighted by Gasteiger charge is -2.48. The summed E-state index contributed by atoms with van der Waals surface area (Å²) >= 11 is 0. The summed E-state index contributed by atoms with van der Waals surface area (Å²) in [7, 11) is 0. The predicted octanol–water partition coefficient (Wildman–Crippen LogP) is 4.87. The van der Waals surface area contributed by atoms with Gasteiger partial charge in [0.05, 0.1) is 38.6 Å². The minimum Gasteiger partial charge on any atom is -0.394 e. The second-order valence-electron chi connectivity index (χ2n) is 21.1. The van der Waals surface area contributed by atoms with Crippen molar-refractivity contribution in [2.75, 3.05) is 26.4 Å². The highest BCUT2D eigenvalue weighted by molar-refractivity contribution is 5.76. The highest BCUT2D eigenvalue weighted by Crippen LogP contribution is 2.33. The van der Waals surface area contributed by atoms with Crippen LogP contribution in [0.15, 0.2) is 60.8 Å². The van der Waals surface area contributed by atoms with E-state index in [4.69, 9.17) is 28.4 Å². The molecule has 452 valence electrons. The van der Waals surface area contributed by atoms with Crippen LogP contribution in [0.5, 0.6) is 0 Å². The first-order valence-corrected chi connectivity index (χ1v) is 29.5. The molecule has 0 aliphatic carbocycles. The maximum atomic E-state index is 13.3. The lowest BCUT2D eigenvalue weighted by atomic mass is 9.96. The fourth-order valence-electron chi connectivity index (χ4n) is 9.69. The van der Waals surface area contributed by atoms with Crippen LogP contribution in [0.3, 0.4) is 0 Å². The Hall–Kier alpha value is -2.51. The molecule has 3 fully saturated rings. The molecule has 17 unspecified atom stereocenters. The van der Waals surface area contributed by atoms with E-state index < -0.39 is 124 Å². The number of ether oxygens (including phenoxy) is 6. The van der Waals surface area contributed by atoms with Gasteiger partial charge in [0.2, 0.25) is 5.91 Å². The van der Waals surface area contributed by atoms with E-state index >= 15 is 0 Å². The van der Waals surface area contributed by atoms with Crippen LogP contribution in [-0.4, -0.2) is 193 Å². The lowest BCUT2D eigenvalue weighted by Crippen LogP contribution is -2.66. The smallest absolute Gasteiger partial charge is 0.220 e. The minimum absolute atomic E-state index is 0.198. The van der Waals surface area contributed by atoms with E-state index in [1.165, 1.54) is 83.5 Å². The molecule has 3 aliphatic heterocycles. The molecule has 0 saturated carbocycles. The van der Waals surface area contributed by atoms with Crippen LogP contribution in [-0.2, 0) is 33.2 Å². The highest BCUT2D eigenvalue weighted by atomic mass is 16.8. The van der Waals surface area contributed by atoms with E-state index in [1.807, 2.05) is 6.08 Å². The molecule has 0 spiro atoms. The largest absolute Gasteiger partial charge is 0.394 e. The van der Waals surface area contributed by atoms with Gasteiger partial charge in [-0.3, -0.25) is 4.79 Å². The van der Waals surface area contributed by atoms with Crippen LogP contribution >= 0.6 is 0 Å². The molecule has 17 atom stereocenters. The molecule has 12 N–H and O–H groups in total. The third kappa shape index (κ3) is 26.2. The zero-order valence-electron chi connectivity index (χ0n) is 46.9. The molecule has 19 heteroatoms. The van der Waals surface area contributed by atoms with Gasteiger partial charge in [-0.25, -0.2) is 0 Å². The van der Waals surface area contributed by atoms with Crippen molar-refractivity contribution in [2.45, 2.75) is 279 Å². The Labute approximate surface area is 465 Å². The molecule has 3 rings (SSSR count). The van der Waals surface area contributed by atoms with Crippen LogP contribution in [0.2, 0.25) is 0 Å². The lowest BCUT2D eigenvalue weighted by molar-refractivity contribution is -0.379. The summed E-state index contributed by atoms with van der Waals surface area (Å²) in [5.74, 6) is -0.317. The molecule has 0 aromatic heterocycles. The summed E-state index contributed by atoms with van der Waals surface area (Å²) in [6, 6.07) is -1.01. The molecule has 19 nitrogen and oxygen atoms in total. The van der Waals surface area contributed by atoms with Gasteiger partial charge in [0, 0.05) is 6.42 Å². The van der Waals surface area contributed by atoms with E-state index in [2.05, 4.69) is 67.8 Å². The van der Waals surface area contributed by atoms with E-state index in [-0.39, 0.29) is 18.9 Å². The molecular formula is C59H103NO18. The van der Waals surface area contributed by atoms with Gasteiger partial charge in [-0.1, -0.05) is 164 Å². The van der Waals surface area contributed by atoms with Gasteiger partial charge in [0.1, 0.15) is 73.2 Å². The van der Waals surface area contributed by atoms with Gasteiger partial charge < -0.3 is 89.9 Å². The monoisotopic (exact) mass is 1110 g/mol. The normalized spacial score (nSPS) is 30.9. The molecule has 3 saturated heterocycles. The van der Waals surface area contributed by atoms with Crippen molar-refractivity contribution in [2.24, 2.45) is 0 Å². The number of allylic oxidation sites excluding steroid dienone is 9. The molecule has 0 aromatic rings. The van der Waals surface area contributed by atoms with E-state index in [0.29, 0.717) is 12.8 Å². The zero-order valence-corrected chi connectivity index (χ0v) is 46.9. The van der Waals surface area contributed by atoms with E-state index in [0.717, 1.165) is 57.8 Å². The average molecular weight is 1110 g/mol. The number of aliphatic hydroxyl groups excluding tert-OH is 11. The Morgan fingerprint density at radius 3 is 1.44 bits per heavy atom. The summed E-state index contributed by atoms with van der Waals surface area (Å²) in [6.45, 7) is 1.54. The average Bonchev–Trinajstić information content (AvgIpc) is 3.43. The first kappa shape index (κ1) is 69.8. The Bertz CT molecular complexity index is 1660. The van der Waals surface area contributed by atoms with Crippen LogP contribution < -0.4 is 5.32 Å². The standard InChI is InChI=1S/C59H103NO18/c1-3-5-7-9-11-13-15-17-18-19-20-21-22-23-25-26-28-30-32-34-36-43(64)42(60-47(65)37-35-33-31-29-27-24-16-14-12-10-8-6-4-2)41-73-57-53(71)50(68)55(45(39-62)75-57)78-59-54(72)51(69)56(46(40-63)76-59)77-58-52(70)49(67)48(66)44(38-61)74-58/h6,8,12,14,24,26-28,34,36,42-46,48-59,61-64,66-72H,3-5,7,9-11,13,15-23,25,29-33,35,37-41H2,1-2H3,(H,60,65)/b8-6-,14-12-,27-24-,28-26+,36-34+. The topological polar surface area (TPSA) is 307 Å². The predicted molar refractivity (Wildman–Crippen MR) is 295 cm³/mol. The minimum atomic E-state index is -1.98. The van der Waals surface area contributed by atoms with Crippen LogP contribution in [0, 0.1) is 0 Å². The Balaban J connectivity index is 1.53. The summed E-state index contributed by atoms with van der Waals surface area (Å²) < 4.78 is 34.2. The maximum Gasteiger partial charge on any atom is 0.220 e. The van der Waals surface area contributed by atoms with Gasteiger partial charge in [0.25, 0.3) is 0 Å². The number of hydrogen-bond donors (Lipinski definition) is 12. The number of rotatable bonds is 42. The molecular weight excluding hydrogens is 1010 g/mol. The molecule has 78 heavy (non-hydrogen) atoms. The quantitative estimate of drug-likeness (QED) is 0.0287. The van der Waals surface area contributed by atoms with Crippen molar-refractivity contribution >= 4 is 5.91 Å². The Morgan fingerprint density at radius 2 is 0.897 bits per heavy atom. The SMILES string of the molecule is CC/C=C\C/C=C\C/C=C\CCCCCC(=O)NC(COC1OC(CO)C(OC2OC(CO)C(OC3OC(CO)C(O)C(O)C3O)C(O)C2O)C(O)C1O)C(O)/C=C/CC/C=C/CCCCCCCCCCCCCCCC. The van der Waals surface area contributed by atoms with Crippen molar-refractivity contribution in [1.82, 2.24) is 5.32 Å². The van der Waals surface area contributed by atoms with Crippen molar-refractivity contribution < 1.29 is 89.4 Å². The van der Waals surface area contributed by atoms with Crippen LogP contribution in [0.25, 0.3) is 0 Å². The van der Waals surface area contributed by atoms with Crippen molar-refractivity contribution in [3.63, 3.8) is 0 Å². The van der Waals surface area contributed by atoms with E-state index in [9.17, 15) is 61.0 Å². The second-order valence-corrected chi connectivity index (χ2v) is 21.1. The molecule has 3 heterocycles. The summed E-state index contributed by atoms with van der Waals surface area (Å²) in [5.41, 5.74) is 0. The third-order valence-corrected chi connectivity index (χ3v) is 14.5. The van der Waals surface area contributed by atoms with E-state index in [1.54, 1.807) is 6.08 Å². The summed E-state index contributed by atoms with van der Waals surface area (Å²) in [6.07, 6.45) is 20.8. The van der Waals surface area contributed by atoms with Crippen LogP contribution in [0.4, 0.5) is 0 Å². The number of carbonyl (C=O) groups excluding carboxylic acids is 1. The fourth-order valence-corrected chi connectivity index (χ4v) is 9.69. The summed E-state index contributed by atoms with van der Waals surface area (Å²) in [4.78, 5) is 13.3. The number of unbranched alkanes of at least 4 members (excludes halogenated alkanes) is 18. The number of amides is 1. The molecule has 0 radical (unpaired) electrons. The third-order valence-electron chi connectivity index (χ3n) is 14.5. The maximum absolute atomic E-state index is 13.3. The zero-order chi connectivity index (χ0) is 56.9. The second kappa shape index (κ2) is 42.3. The fraction of sp³-hybridized carbons (Fsp3) is 0.814. The van der Waals surface area contributed by atoms with Gasteiger partial charge in [-0.05, 0) is 64.2 Å². The van der Waals surface area contributed by atoms with Gasteiger partial charge in [0.15, 0.2) is 18.9 Å². The Kier molecular flexibility index (Phi) is 37.9. The van der Waals surface area contributed by atoms with Crippen molar-refractivity contribution in [3.05, 3.63) is 60.8 Å². The van der Waals surface area contributed by atoms with Crippen molar-refractivity contribution in [3.8, 4) is 0 Å². The van der Waals surface area contributed by atoms with Crippen molar-refractivity contribution in [1.29, 1.82) is 0 Å². The number of nitrogens with one attached hydrogen (secondary N) is 1. The highest BCUT2D eigenvalue weighted by Gasteiger charge is 2.53. The van der Waals surface area contributed by atoms with Gasteiger partial charge >= 0.3 is 0 Å². The van der Waals surface area contributed by atoms with Gasteiger partial charge in [-0.2, -0.15) is 0 Å². The molecule has 0 aromatic carbocycles. The summed E-state index contributed by atoms with van der Waals surface area (Å²) in [5, 5.41) is 120. The van der Waals surface area contributed by atoms with Crippen LogP contribution in [0.1, 0.15) is 174 Å². The van der Waals surface area contributed by atoms with Gasteiger partial charge in [-0.15, -0.1) is 0 Å². The first-order valence-electron chi connectivity index (χ1n) is 29.5. The number of carbonyl (C=O) groups is 1.